The number of hydrogen-bond donors (Lipinski definition) is 0. The Bertz CT molecular complexity index is 7050. The van der Waals surface area contributed by atoms with E-state index in [-0.39, 0.29) is 0 Å². The summed E-state index contributed by atoms with van der Waals surface area (Å²) in [5.74, 6) is 3.72. The van der Waals surface area contributed by atoms with E-state index in [2.05, 4.69) is 364 Å². The smallest absolute Gasteiger partial charge is 0.164 e. The lowest BCUT2D eigenvalue weighted by Gasteiger charge is -2.14. The third kappa shape index (κ3) is 13.4. The number of pyridine rings is 2. The molecule has 8 nitrogen and oxygen atoms in total. The largest absolute Gasteiger partial charge is 0.247 e. The molecule has 0 bridgehead atoms. The summed E-state index contributed by atoms with van der Waals surface area (Å²) < 4.78 is 0. The Morgan fingerprint density at radius 1 is 0.123 bits per heavy atom. The Labute approximate surface area is 659 Å². The molecule has 0 fully saturated rings. The zero-order valence-corrected chi connectivity index (χ0v) is 61.8. The Morgan fingerprint density at radius 2 is 0.360 bits per heavy atom. The van der Waals surface area contributed by atoms with E-state index < -0.39 is 0 Å². The van der Waals surface area contributed by atoms with Crippen molar-refractivity contribution in [3.8, 4) is 146 Å². The lowest BCUT2D eigenvalue weighted by Crippen LogP contribution is -2.00. The van der Waals surface area contributed by atoms with Crippen LogP contribution in [0.4, 0.5) is 0 Å². The maximum atomic E-state index is 5.35. The summed E-state index contributed by atoms with van der Waals surface area (Å²) in [7, 11) is 0. The van der Waals surface area contributed by atoms with Crippen LogP contribution in [0, 0.1) is 0 Å². The van der Waals surface area contributed by atoms with E-state index in [0.29, 0.717) is 34.9 Å². The number of aromatic nitrogens is 8. The van der Waals surface area contributed by atoms with E-state index in [4.69, 9.17) is 39.9 Å². The van der Waals surface area contributed by atoms with E-state index in [1.165, 1.54) is 60.1 Å². The van der Waals surface area contributed by atoms with Crippen LogP contribution in [0.15, 0.2) is 413 Å². The average Bonchev–Trinajstić information content (AvgIpc) is 0.740. The Hall–Kier alpha value is -15.4. The highest BCUT2D eigenvalue weighted by molar-refractivity contribution is 6.24. The molecule has 0 radical (unpaired) electrons. The van der Waals surface area contributed by atoms with Gasteiger partial charge in [0.15, 0.2) is 34.9 Å². The minimum atomic E-state index is 0.604. The lowest BCUT2D eigenvalue weighted by atomic mass is 9.93. The molecule has 114 heavy (non-hydrogen) atoms. The van der Waals surface area contributed by atoms with Gasteiger partial charge in [0.05, 0.1) is 22.4 Å². The molecule has 0 saturated heterocycles. The van der Waals surface area contributed by atoms with Crippen LogP contribution in [0.1, 0.15) is 0 Å². The van der Waals surface area contributed by atoms with Gasteiger partial charge in [0, 0.05) is 76.8 Å². The predicted molar refractivity (Wildman–Crippen MR) is 471 cm³/mol. The molecule has 4 aromatic heterocycles. The van der Waals surface area contributed by atoms with Gasteiger partial charge in [0.25, 0.3) is 0 Å². The first-order valence-electron chi connectivity index (χ1n) is 38.4. The number of nitrogens with zero attached hydrogens (tertiary/aromatic N) is 8. The van der Waals surface area contributed by atoms with Crippen LogP contribution in [0.2, 0.25) is 0 Å². The molecule has 21 aromatic rings. The first-order chi connectivity index (χ1) is 56.5. The van der Waals surface area contributed by atoms with Gasteiger partial charge >= 0.3 is 0 Å². The molecule has 0 spiro atoms. The Kier molecular flexibility index (Phi) is 17.8. The molecule has 0 aliphatic carbocycles. The van der Waals surface area contributed by atoms with Crippen molar-refractivity contribution in [1.29, 1.82) is 0 Å². The number of fused-ring (bicyclic) bond motifs is 10. The van der Waals surface area contributed by atoms with Crippen molar-refractivity contribution >= 4 is 64.9 Å². The van der Waals surface area contributed by atoms with Crippen LogP contribution in [0.3, 0.4) is 0 Å². The summed E-state index contributed by atoms with van der Waals surface area (Å²) in [5.41, 5.74) is 22.9. The molecule has 0 amide bonds. The minimum Gasteiger partial charge on any atom is -0.247 e. The van der Waals surface area contributed by atoms with E-state index >= 15 is 0 Å². The van der Waals surface area contributed by atoms with Gasteiger partial charge in [-0.25, -0.2) is 39.9 Å². The van der Waals surface area contributed by atoms with Crippen molar-refractivity contribution in [1.82, 2.24) is 39.9 Å². The molecule has 0 aliphatic heterocycles. The van der Waals surface area contributed by atoms with Crippen LogP contribution >= 0.6 is 0 Å². The van der Waals surface area contributed by atoms with Crippen molar-refractivity contribution in [3.05, 3.63) is 413 Å². The molecule has 0 aliphatic rings. The van der Waals surface area contributed by atoms with Crippen LogP contribution in [0.25, 0.3) is 211 Å². The summed E-state index contributed by atoms with van der Waals surface area (Å²) in [6, 6.07) is 144. The molecule has 0 N–H and O–H groups in total. The summed E-state index contributed by atoms with van der Waals surface area (Å²) in [5, 5.41) is 11.8. The summed E-state index contributed by atoms with van der Waals surface area (Å²) in [4.78, 5) is 41.0. The van der Waals surface area contributed by atoms with Gasteiger partial charge in [0.2, 0.25) is 0 Å². The van der Waals surface area contributed by atoms with Crippen molar-refractivity contribution in [3.63, 3.8) is 0 Å². The van der Waals surface area contributed by atoms with Crippen molar-refractivity contribution < 1.29 is 0 Å². The summed E-state index contributed by atoms with van der Waals surface area (Å²) >= 11 is 0. The summed E-state index contributed by atoms with van der Waals surface area (Å²) in [6.45, 7) is 0. The van der Waals surface area contributed by atoms with Gasteiger partial charge in [-0.2, -0.15) is 0 Å². The second kappa shape index (κ2) is 29.9. The fourth-order valence-corrected chi connectivity index (χ4v) is 15.7. The van der Waals surface area contributed by atoms with E-state index in [9.17, 15) is 0 Å². The van der Waals surface area contributed by atoms with Gasteiger partial charge in [-0.05, 0) is 114 Å². The van der Waals surface area contributed by atoms with Crippen LogP contribution in [-0.4, -0.2) is 39.9 Å². The molecule has 0 unspecified atom stereocenters. The monoisotopic (exact) mass is 1450 g/mol. The fourth-order valence-electron chi connectivity index (χ4n) is 15.7. The van der Waals surface area contributed by atoms with Gasteiger partial charge in [-0.1, -0.05) is 376 Å². The van der Waals surface area contributed by atoms with Gasteiger partial charge < -0.3 is 0 Å². The standard InChI is InChI=1S/C56H36N4.C50H32N4/c1-4-14-37(15-5-1)43-21-12-23-46(34-43)55-58-54(59-56(60-55)47-24-13-22-44(35-47)38-16-6-2-7-17-38)42-28-26-41(27-29-42)53-49-32-30-40-20-10-11-25-48(40)52(49)50-36-45(31-33-51(50)57-53)39-18-8-3-9-19-39;1-4-12-33(13-5-1)35-20-24-39(25-21-35)49-52-48(38-17-8-3-9-18-38)53-50(54-49)40-26-22-37(23-27-40)47-43-30-28-36-16-10-11-19-42(36)46(43)44-32-41(29-31-45(44)51-47)34-14-6-2-7-15-34/h1-36H;1-32H. The molecule has 21 rings (SSSR count). The molecule has 0 atom stereocenters. The number of benzene rings is 17. The Morgan fingerprint density at radius 3 is 0.711 bits per heavy atom. The molecule has 532 valence electrons. The predicted octanol–water partition coefficient (Wildman–Crippen LogP) is 27.1. The van der Waals surface area contributed by atoms with Crippen LogP contribution < -0.4 is 0 Å². The lowest BCUT2D eigenvalue weighted by molar-refractivity contribution is 1.07. The van der Waals surface area contributed by atoms with E-state index in [1.54, 1.807) is 0 Å². The maximum Gasteiger partial charge on any atom is 0.164 e. The number of rotatable bonds is 13. The molecule has 0 saturated carbocycles. The van der Waals surface area contributed by atoms with Gasteiger partial charge in [-0.15, -0.1) is 0 Å². The molecular formula is C106H68N8. The fraction of sp³-hybridized carbons (Fsp3) is 0. The number of hydrogen-bond acceptors (Lipinski definition) is 8. The zero-order valence-electron chi connectivity index (χ0n) is 61.8. The average molecular weight is 1450 g/mol. The molecule has 17 aromatic carbocycles. The van der Waals surface area contributed by atoms with Gasteiger partial charge in [-0.3, -0.25) is 0 Å². The SMILES string of the molecule is c1ccc(-c2ccc(-c3nc(-c4ccccc4)nc(-c4ccc(-c5nc6ccc(-c7ccccc7)cc6c6c5ccc5ccccc56)cc4)n3)cc2)cc1.c1ccc(-c2cccc(-c3nc(-c4ccc(-c5nc6ccc(-c7ccccc7)cc6c6c5ccc5ccccc56)cc4)nc(-c4cccc(-c5ccccc5)c4)n3)c2)cc1. The maximum absolute atomic E-state index is 5.35. The second-order valence-corrected chi connectivity index (χ2v) is 28.5. The Balaban J connectivity index is 0.000000149. The highest BCUT2D eigenvalue weighted by Crippen LogP contribution is 2.43. The van der Waals surface area contributed by atoms with E-state index in [0.717, 1.165) is 116 Å². The van der Waals surface area contributed by atoms with E-state index in [1.807, 2.05) is 48.5 Å². The van der Waals surface area contributed by atoms with Crippen LogP contribution in [-0.2, 0) is 0 Å². The zero-order chi connectivity index (χ0) is 75.7. The van der Waals surface area contributed by atoms with Crippen molar-refractivity contribution in [2.24, 2.45) is 0 Å². The summed E-state index contributed by atoms with van der Waals surface area (Å²) in [6.07, 6.45) is 0. The highest BCUT2D eigenvalue weighted by atomic mass is 15.0. The highest BCUT2D eigenvalue weighted by Gasteiger charge is 2.21. The second-order valence-electron chi connectivity index (χ2n) is 28.5. The topological polar surface area (TPSA) is 103 Å². The third-order valence-electron chi connectivity index (χ3n) is 21.4. The molecule has 8 heteroatoms. The first kappa shape index (κ1) is 67.9. The van der Waals surface area contributed by atoms with Crippen molar-refractivity contribution in [2.75, 3.05) is 0 Å². The molecule has 4 heterocycles. The third-order valence-corrected chi connectivity index (χ3v) is 21.4. The first-order valence-corrected chi connectivity index (χ1v) is 38.4. The minimum absolute atomic E-state index is 0.604. The normalized spacial score (nSPS) is 11.3. The molecular weight excluding hydrogens is 1390 g/mol. The van der Waals surface area contributed by atoms with Crippen molar-refractivity contribution in [2.45, 2.75) is 0 Å². The quantitative estimate of drug-likeness (QED) is 0.105. The van der Waals surface area contributed by atoms with Crippen LogP contribution in [0.5, 0.6) is 0 Å². The van der Waals surface area contributed by atoms with Gasteiger partial charge in [0.1, 0.15) is 0 Å².